The first-order valence-electron chi connectivity index (χ1n) is 12.9. The Kier molecular flexibility index (Phi) is 7.23. The topological polar surface area (TPSA) is 84.5 Å². The van der Waals surface area contributed by atoms with E-state index in [0.29, 0.717) is 32.9 Å². The molecular formula is C30H31Cl2N5O2. The molecule has 1 atom stereocenters. The largest absolute Gasteiger partial charge is 0.356 e. The normalized spacial score (nSPS) is 17.5. The Balaban J connectivity index is 1.37. The zero-order valence-corrected chi connectivity index (χ0v) is 24.0. The molecule has 1 aliphatic heterocycles. The van der Waals surface area contributed by atoms with Crippen LogP contribution in [0.15, 0.2) is 41.2 Å². The van der Waals surface area contributed by atoms with Crippen LogP contribution in [0, 0.1) is 31.1 Å². The summed E-state index contributed by atoms with van der Waals surface area (Å²) in [5.41, 5.74) is 10.9. The Morgan fingerprint density at radius 2 is 1.87 bits per heavy atom. The van der Waals surface area contributed by atoms with E-state index in [2.05, 4.69) is 22.8 Å². The van der Waals surface area contributed by atoms with Crippen molar-refractivity contribution in [2.24, 2.45) is 11.1 Å². The second kappa shape index (κ2) is 10.3. The van der Waals surface area contributed by atoms with Crippen LogP contribution in [-0.2, 0) is 11.2 Å². The lowest BCUT2D eigenvalue weighted by molar-refractivity contribution is -0.122. The van der Waals surface area contributed by atoms with Crippen molar-refractivity contribution in [1.29, 1.82) is 0 Å². The zero-order valence-electron chi connectivity index (χ0n) is 22.5. The van der Waals surface area contributed by atoms with Crippen LogP contribution >= 0.6 is 23.2 Å². The minimum Gasteiger partial charge on any atom is -0.356 e. The molecule has 2 aliphatic rings. The van der Waals surface area contributed by atoms with Crippen molar-refractivity contribution in [1.82, 2.24) is 14.5 Å². The van der Waals surface area contributed by atoms with E-state index in [1.54, 1.807) is 32.3 Å². The van der Waals surface area contributed by atoms with Crippen molar-refractivity contribution in [2.75, 3.05) is 32.1 Å². The van der Waals surface area contributed by atoms with Crippen LogP contribution in [0.5, 0.6) is 0 Å². The monoisotopic (exact) mass is 563 g/mol. The van der Waals surface area contributed by atoms with E-state index in [4.69, 9.17) is 33.9 Å². The lowest BCUT2D eigenvalue weighted by atomic mass is 9.73. The highest BCUT2D eigenvalue weighted by Gasteiger charge is 2.46. The number of fused-ring (bicyclic) bond motifs is 1. The number of anilines is 1. The number of carbonyl (C=O) groups excluding carboxylic acids is 1. The molecule has 2 N–H and O–H groups in total. The van der Waals surface area contributed by atoms with Gasteiger partial charge in [-0.3, -0.25) is 14.2 Å². The first kappa shape index (κ1) is 27.3. The van der Waals surface area contributed by atoms with Crippen molar-refractivity contribution in [3.63, 3.8) is 0 Å². The van der Waals surface area contributed by atoms with Gasteiger partial charge in [0.25, 0.3) is 11.5 Å². The van der Waals surface area contributed by atoms with E-state index in [1.807, 2.05) is 26.0 Å². The summed E-state index contributed by atoms with van der Waals surface area (Å²) >= 11 is 12.6. The summed E-state index contributed by atoms with van der Waals surface area (Å²) in [5.74, 6) is 6.67. The molecule has 1 spiro atoms. The lowest BCUT2D eigenvalue weighted by Gasteiger charge is -2.43. The van der Waals surface area contributed by atoms with E-state index < -0.39 is 0 Å². The average molecular weight is 565 g/mol. The summed E-state index contributed by atoms with van der Waals surface area (Å²) in [7, 11) is 3.37. The van der Waals surface area contributed by atoms with Crippen LogP contribution in [-0.4, -0.2) is 47.5 Å². The zero-order chi connectivity index (χ0) is 28.1. The SMILES string of the molecule is Cc1c(N2CCC3(CC2)Cc2ccc(C#CC(=O)N(C)C)cc2[C@H]3N)nc(C)n(-c2cccc(Cl)c2Cl)c1=O. The fourth-order valence-electron chi connectivity index (χ4n) is 5.79. The summed E-state index contributed by atoms with van der Waals surface area (Å²) in [4.78, 5) is 33.8. The molecule has 39 heavy (non-hydrogen) atoms. The Morgan fingerprint density at radius 1 is 1.15 bits per heavy atom. The van der Waals surface area contributed by atoms with Crippen molar-refractivity contribution in [2.45, 2.75) is 39.2 Å². The van der Waals surface area contributed by atoms with E-state index in [1.165, 1.54) is 15.0 Å². The van der Waals surface area contributed by atoms with E-state index in [9.17, 15) is 9.59 Å². The maximum atomic E-state index is 13.5. The molecule has 202 valence electrons. The Bertz CT molecular complexity index is 1590. The van der Waals surface area contributed by atoms with Crippen molar-refractivity contribution < 1.29 is 4.79 Å². The average Bonchev–Trinajstić information content (AvgIpc) is 3.18. The third-order valence-corrected chi connectivity index (χ3v) is 8.89. The molecule has 5 rings (SSSR count). The predicted molar refractivity (Wildman–Crippen MR) is 156 cm³/mol. The highest BCUT2D eigenvalue weighted by Crippen LogP contribution is 2.51. The molecule has 2 heterocycles. The second-order valence-electron chi connectivity index (χ2n) is 10.7. The van der Waals surface area contributed by atoms with Crippen LogP contribution in [0.1, 0.15) is 47.0 Å². The van der Waals surface area contributed by atoms with Gasteiger partial charge in [-0.05, 0) is 73.9 Å². The summed E-state index contributed by atoms with van der Waals surface area (Å²) in [6.45, 7) is 5.12. The van der Waals surface area contributed by atoms with Crippen LogP contribution in [0.2, 0.25) is 10.0 Å². The van der Waals surface area contributed by atoms with Gasteiger partial charge >= 0.3 is 0 Å². The van der Waals surface area contributed by atoms with Crippen molar-refractivity contribution in [3.8, 4) is 17.5 Å². The quantitative estimate of drug-likeness (QED) is 0.466. The summed E-state index contributed by atoms with van der Waals surface area (Å²) in [6.07, 6.45) is 2.67. The fraction of sp³-hybridized carbons (Fsp3) is 0.367. The van der Waals surface area contributed by atoms with Crippen LogP contribution in [0.25, 0.3) is 5.69 Å². The molecule has 1 aromatic heterocycles. The molecule has 9 heteroatoms. The van der Waals surface area contributed by atoms with Crippen LogP contribution in [0.3, 0.4) is 0 Å². The number of carbonyl (C=O) groups is 1. The number of benzene rings is 2. The smallest absolute Gasteiger partial charge is 0.298 e. The molecule has 1 fully saturated rings. The van der Waals surface area contributed by atoms with Crippen molar-refractivity contribution in [3.05, 3.63) is 84.9 Å². The van der Waals surface area contributed by atoms with Crippen LogP contribution in [0.4, 0.5) is 5.82 Å². The van der Waals surface area contributed by atoms with Gasteiger partial charge in [-0.15, -0.1) is 0 Å². The van der Waals surface area contributed by atoms with Crippen molar-refractivity contribution >= 4 is 34.9 Å². The minimum atomic E-state index is -0.230. The molecule has 2 aromatic carbocycles. The number of piperidine rings is 1. The first-order chi connectivity index (χ1) is 18.5. The maximum Gasteiger partial charge on any atom is 0.298 e. The van der Waals surface area contributed by atoms with E-state index >= 15 is 0 Å². The Hall–Kier alpha value is -3.31. The summed E-state index contributed by atoms with van der Waals surface area (Å²) < 4.78 is 1.52. The number of rotatable bonds is 2. The number of nitrogens with two attached hydrogens (primary N) is 1. The van der Waals surface area contributed by atoms with Gasteiger partial charge in [-0.2, -0.15) is 0 Å². The molecule has 7 nitrogen and oxygen atoms in total. The third-order valence-electron chi connectivity index (χ3n) is 8.08. The number of hydrogen-bond donors (Lipinski definition) is 1. The van der Waals surface area contributed by atoms with Gasteiger partial charge in [0.05, 0.1) is 21.3 Å². The number of halogens is 2. The molecule has 0 unspecified atom stereocenters. The summed E-state index contributed by atoms with van der Waals surface area (Å²) in [6, 6.07) is 11.2. The molecule has 0 radical (unpaired) electrons. The first-order valence-corrected chi connectivity index (χ1v) is 13.7. The molecule has 1 amide bonds. The number of aryl methyl sites for hydroxylation is 1. The van der Waals surface area contributed by atoms with Gasteiger partial charge in [0, 0.05) is 44.7 Å². The number of amides is 1. The van der Waals surface area contributed by atoms with Gasteiger partial charge in [0.1, 0.15) is 11.6 Å². The second-order valence-corrected chi connectivity index (χ2v) is 11.5. The van der Waals surface area contributed by atoms with Gasteiger partial charge in [-0.25, -0.2) is 4.98 Å². The Morgan fingerprint density at radius 3 is 2.56 bits per heavy atom. The molecule has 0 saturated carbocycles. The number of aromatic nitrogens is 2. The molecule has 1 aliphatic carbocycles. The molecule has 3 aromatic rings. The minimum absolute atomic E-state index is 0.0589. The fourth-order valence-corrected chi connectivity index (χ4v) is 6.17. The maximum absolute atomic E-state index is 13.5. The highest BCUT2D eigenvalue weighted by molar-refractivity contribution is 6.43. The predicted octanol–water partition coefficient (Wildman–Crippen LogP) is 4.44. The summed E-state index contributed by atoms with van der Waals surface area (Å²) in [5, 5.41) is 0.713. The van der Waals surface area contributed by atoms with Gasteiger partial charge in [-0.1, -0.05) is 41.3 Å². The van der Waals surface area contributed by atoms with E-state index in [-0.39, 0.29) is 22.9 Å². The lowest BCUT2D eigenvalue weighted by Crippen LogP contribution is -2.45. The van der Waals surface area contributed by atoms with E-state index in [0.717, 1.165) is 43.5 Å². The molecule has 0 bridgehead atoms. The molecular weight excluding hydrogens is 533 g/mol. The highest BCUT2D eigenvalue weighted by atomic mass is 35.5. The van der Waals surface area contributed by atoms with Gasteiger partial charge in [0.2, 0.25) is 0 Å². The van der Waals surface area contributed by atoms with Gasteiger partial charge in [0.15, 0.2) is 0 Å². The van der Waals surface area contributed by atoms with Crippen LogP contribution < -0.4 is 16.2 Å². The van der Waals surface area contributed by atoms with Gasteiger partial charge < -0.3 is 15.5 Å². The Labute approximate surface area is 238 Å². The number of hydrogen-bond acceptors (Lipinski definition) is 5. The third kappa shape index (κ3) is 4.82. The standard InChI is InChI=1S/C30H31Cl2N5O2/c1-18-28(34-19(2)37(29(18)39)24-7-5-6-23(31)26(24)32)36-14-12-30(13-15-36)17-21-10-8-20(16-22(21)27(30)33)9-11-25(38)35(3)4/h5-8,10,16,27H,12-15,17,33H2,1-4H3/t27-/m1/s1. The number of nitrogens with zero attached hydrogens (tertiary/aromatic N) is 4. The molecule has 1 saturated heterocycles.